The highest BCUT2D eigenvalue weighted by molar-refractivity contribution is 5.89. The van der Waals surface area contributed by atoms with Crippen LogP contribution in [0.3, 0.4) is 0 Å². The number of aromatic nitrogens is 2. The molecule has 0 aliphatic carbocycles. The van der Waals surface area contributed by atoms with Gasteiger partial charge in [-0.1, -0.05) is 24.3 Å². The first-order valence-electron chi connectivity index (χ1n) is 8.00. The Balaban J connectivity index is 1.43. The molecular formula is C19H18FN3O2. The van der Waals surface area contributed by atoms with Gasteiger partial charge >= 0.3 is 0 Å². The number of halogens is 1. The molecule has 3 rings (SSSR count). The minimum atomic E-state index is -0.343. The molecule has 1 heterocycles. The Hall–Kier alpha value is -3.15. The molecular weight excluding hydrogens is 321 g/mol. The molecule has 6 heteroatoms. The van der Waals surface area contributed by atoms with Crippen LogP contribution in [0.4, 0.5) is 10.2 Å². The molecule has 0 saturated heterocycles. The Morgan fingerprint density at radius 2 is 1.96 bits per heavy atom. The smallest absolute Gasteiger partial charge is 0.225 e. The predicted octanol–water partition coefficient (Wildman–Crippen LogP) is 3.81. The van der Waals surface area contributed by atoms with E-state index < -0.39 is 0 Å². The van der Waals surface area contributed by atoms with Gasteiger partial charge in [-0.25, -0.2) is 9.07 Å². The summed E-state index contributed by atoms with van der Waals surface area (Å²) in [4.78, 5) is 11.9. The predicted molar refractivity (Wildman–Crippen MR) is 93.3 cm³/mol. The Labute approximate surface area is 145 Å². The lowest BCUT2D eigenvalue weighted by molar-refractivity contribution is -0.116. The third-order valence-corrected chi connectivity index (χ3v) is 3.49. The van der Waals surface area contributed by atoms with Crippen LogP contribution in [0, 0.1) is 5.82 Å². The molecule has 0 radical (unpaired) electrons. The van der Waals surface area contributed by atoms with Crippen LogP contribution >= 0.6 is 0 Å². The van der Waals surface area contributed by atoms with E-state index >= 15 is 0 Å². The number of nitrogens with zero attached hydrogens (tertiary/aromatic N) is 2. The molecule has 1 amide bonds. The maximum atomic E-state index is 13.0. The average Bonchev–Trinajstić information content (AvgIpc) is 3.08. The molecule has 25 heavy (non-hydrogen) atoms. The Kier molecular flexibility index (Phi) is 5.41. The first-order valence-corrected chi connectivity index (χ1v) is 8.00. The number of nitrogens with one attached hydrogen (secondary N) is 1. The van der Waals surface area contributed by atoms with E-state index in [9.17, 15) is 9.18 Å². The second-order valence-electron chi connectivity index (χ2n) is 5.44. The second kappa shape index (κ2) is 8.10. The lowest BCUT2D eigenvalue weighted by Crippen LogP contribution is -2.13. The van der Waals surface area contributed by atoms with Gasteiger partial charge in [-0.2, -0.15) is 5.10 Å². The fraction of sp³-hybridized carbons (Fsp3) is 0.158. The summed E-state index contributed by atoms with van der Waals surface area (Å²) in [5.74, 6) is 0.479. The van der Waals surface area contributed by atoms with Gasteiger partial charge in [0.1, 0.15) is 11.6 Å². The summed E-state index contributed by atoms with van der Waals surface area (Å²) in [7, 11) is 0. The second-order valence-corrected chi connectivity index (χ2v) is 5.44. The van der Waals surface area contributed by atoms with E-state index in [-0.39, 0.29) is 11.7 Å². The van der Waals surface area contributed by atoms with E-state index in [1.165, 1.54) is 12.1 Å². The summed E-state index contributed by atoms with van der Waals surface area (Å²) in [6, 6.07) is 17.3. The Morgan fingerprint density at radius 3 is 2.76 bits per heavy atom. The van der Waals surface area contributed by atoms with Crippen LogP contribution in [0.25, 0.3) is 5.69 Å². The van der Waals surface area contributed by atoms with Crippen molar-refractivity contribution in [2.75, 3.05) is 11.9 Å². The maximum absolute atomic E-state index is 13.0. The largest absolute Gasteiger partial charge is 0.493 e. The third-order valence-electron chi connectivity index (χ3n) is 3.49. The van der Waals surface area contributed by atoms with Crippen molar-refractivity contribution in [1.82, 2.24) is 9.78 Å². The van der Waals surface area contributed by atoms with Gasteiger partial charge in [0.15, 0.2) is 5.82 Å². The van der Waals surface area contributed by atoms with E-state index in [0.29, 0.717) is 31.0 Å². The zero-order chi connectivity index (χ0) is 17.5. The number of anilines is 1. The monoisotopic (exact) mass is 339 g/mol. The van der Waals surface area contributed by atoms with Crippen LogP contribution < -0.4 is 10.1 Å². The van der Waals surface area contributed by atoms with Crippen molar-refractivity contribution in [3.8, 4) is 11.4 Å². The normalized spacial score (nSPS) is 10.4. The lowest BCUT2D eigenvalue weighted by Gasteiger charge is -2.06. The van der Waals surface area contributed by atoms with Crippen LogP contribution in [0.15, 0.2) is 66.9 Å². The molecule has 5 nitrogen and oxygen atoms in total. The number of rotatable bonds is 7. The molecule has 2 aromatic carbocycles. The molecule has 0 unspecified atom stereocenters. The van der Waals surface area contributed by atoms with Gasteiger partial charge in [-0.05, 0) is 30.7 Å². The highest BCUT2D eigenvalue weighted by Gasteiger charge is 2.06. The van der Waals surface area contributed by atoms with E-state index in [1.807, 2.05) is 30.3 Å². The fourth-order valence-electron chi connectivity index (χ4n) is 2.30. The number of para-hydroxylation sites is 1. The van der Waals surface area contributed by atoms with Gasteiger partial charge in [-0.3, -0.25) is 4.79 Å². The minimum absolute atomic E-state index is 0.138. The molecule has 0 atom stereocenters. The quantitative estimate of drug-likeness (QED) is 0.666. The van der Waals surface area contributed by atoms with Crippen LogP contribution in [0.1, 0.15) is 12.8 Å². The van der Waals surface area contributed by atoms with Gasteiger partial charge in [0.25, 0.3) is 0 Å². The van der Waals surface area contributed by atoms with Gasteiger partial charge in [0.05, 0.1) is 12.3 Å². The number of ether oxygens (including phenoxy) is 1. The summed E-state index contributed by atoms with van der Waals surface area (Å²) >= 11 is 0. The molecule has 128 valence electrons. The molecule has 0 spiro atoms. The highest BCUT2D eigenvalue weighted by Crippen LogP contribution is 2.13. The Bertz CT molecular complexity index is 833. The topological polar surface area (TPSA) is 56.1 Å². The van der Waals surface area contributed by atoms with Gasteiger partial charge in [0.2, 0.25) is 5.91 Å². The molecule has 0 aliphatic rings. The van der Waals surface area contributed by atoms with Crippen LogP contribution in [-0.4, -0.2) is 22.3 Å². The highest BCUT2D eigenvalue weighted by atomic mass is 19.1. The molecule has 0 fully saturated rings. The summed E-state index contributed by atoms with van der Waals surface area (Å²) in [6.45, 7) is 0.343. The summed E-state index contributed by atoms with van der Waals surface area (Å²) in [6.07, 6.45) is 2.62. The summed E-state index contributed by atoms with van der Waals surface area (Å²) < 4.78 is 20.1. The number of benzene rings is 2. The van der Waals surface area contributed by atoms with Crippen LogP contribution in [0.5, 0.6) is 5.75 Å². The SMILES string of the molecule is O=C(CCCOc1cccc(F)c1)Nc1ccn(-c2ccccc2)n1. The number of hydrogen-bond donors (Lipinski definition) is 1. The van der Waals surface area contributed by atoms with Crippen molar-refractivity contribution in [2.24, 2.45) is 0 Å². The summed E-state index contributed by atoms with van der Waals surface area (Å²) in [5, 5.41) is 7.07. The molecule has 1 N–H and O–H groups in total. The van der Waals surface area contributed by atoms with Crippen molar-refractivity contribution in [3.05, 3.63) is 72.7 Å². The zero-order valence-electron chi connectivity index (χ0n) is 13.6. The van der Waals surface area contributed by atoms with Crippen molar-refractivity contribution in [1.29, 1.82) is 0 Å². The zero-order valence-corrected chi connectivity index (χ0v) is 13.6. The summed E-state index contributed by atoms with van der Waals surface area (Å²) in [5.41, 5.74) is 0.923. The van der Waals surface area contributed by atoms with Gasteiger partial charge in [0, 0.05) is 24.8 Å². The van der Waals surface area contributed by atoms with Crippen molar-refractivity contribution in [2.45, 2.75) is 12.8 Å². The lowest BCUT2D eigenvalue weighted by atomic mass is 10.3. The van der Waals surface area contributed by atoms with Crippen molar-refractivity contribution < 1.29 is 13.9 Å². The van der Waals surface area contributed by atoms with Crippen LogP contribution in [0.2, 0.25) is 0 Å². The first kappa shape index (κ1) is 16.7. The number of carbonyl (C=O) groups is 1. The van der Waals surface area contributed by atoms with Crippen molar-refractivity contribution in [3.63, 3.8) is 0 Å². The molecule has 0 saturated carbocycles. The first-order chi connectivity index (χ1) is 12.2. The fourth-order valence-corrected chi connectivity index (χ4v) is 2.30. The van der Waals surface area contributed by atoms with E-state index in [2.05, 4.69) is 10.4 Å². The average molecular weight is 339 g/mol. The number of hydrogen-bond acceptors (Lipinski definition) is 3. The standard InChI is InChI=1S/C19H18FN3O2/c20-15-6-4-9-17(14-15)25-13-5-10-19(24)21-18-11-12-23(22-18)16-7-2-1-3-8-16/h1-4,6-9,11-12,14H,5,10,13H2,(H,21,22,24). The van der Waals surface area contributed by atoms with Crippen molar-refractivity contribution >= 4 is 11.7 Å². The third kappa shape index (κ3) is 4.91. The van der Waals surface area contributed by atoms with Crippen LogP contribution in [-0.2, 0) is 4.79 Å². The molecule has 0 bridgehead atoms. The molecule has 1 aromatic heterocycles. The van der Waals surface area contributed by atoms with Gasteiger partial charge in [-0.15, -0.1) is 0 Å². The minimum Gasteiger partial charge on any atom is -0.493 e. The molecule has 3 aromatic rings. The van der Waals surface area contributed by atoms with E-state index in [4.69, 9.17) is 4.74 Å². The number of amides is 1. The molecule has 0 aliphatic heterocycles. The van der Waals surface area contributed by atoms with E-state index in [1.54, 1.807) is 29.1 Å². The maximum Gasteiger partial charge on any atom is 0.225 e. The Morgan fingerprint density at radius 1 is 1.12 bits per heavy atom. The van der Waals surface area contributed by atoms with Gasteiger partial charge < -0.3 is 10.1 Å². The number of carbonyl (C=O) groups excluding carboxylic acids is 1. The van der Waals surface area contributed by atoms with E-state index in [0.717, 1.165) is 5.69 Å².